The second kappa shape index (κ2) is 8.53. The fourth-order valence-electron chi connectivity index (χ4n) is 3.77. The third-order valence-corrected chi connectivity index (χ3v) is 5.99. The number of hydrogen-bond acceptors (Lipinski definition) is 3. The molecule has 4 nitrogen and oxygen atoms in total. The molecule has 1 saturated heterocycles. The van der Waals surface area contributed by atoms with Crippen LogP contribution in [0, 0.1) is 0 Å². The third-order valence-electron chi connectivity index (χ3n) is 5.63. The smallest absolute Gasteiger partial charge is 0.349 e. The lowest BCUT2D eigenvalue weighted by atomic mass is 9.90. The molecule has 0 radical (unpaired) electrons. The molecule has 2 aliphatic heterocycles. The van der Waals surface area contributed by atoms with Crippen LogP contribution in [0.1, 0.15) is 29.5 Å². The van der Waals surface area contributed by atoms with Crippen molar-refractivity contribution >= 4 is 28.7 Å². The van der Waals surface area contributed by atoms with Crippen molar-refractivity contribution in [1.29, 1.82) is 0 Å². The Kier molecular flexibility index (Phi) is 6.04. The number of piperidine rings is 1. The first kappa shape index (κ1) is 23.4. The van der Waals surface area contributed by atoms with Gasteiger partial charge in [0.15, 0.2) is 5.11 Å². The van der Waals surface area contributed by atoms with Crippen LogP contribution in [0.5, 0.6) is 0 Å². The number of hydrogen-bond donors (Lipinski definition) is 2. The molecule has 2 heterocycles. The maximum atomic E-state index is 12.9. The van der Waals surface area contributed by atoms with Crippen LogP contribution in [-0.4, -0.2) is 28.7 Å². The summed E-state index contributed by atoms with van der Waals surface area (Å²) >= 11 is 5.37. The van der Waals surface area contributed by atoms with E-state index < -0.39 is 29.1 Å². The standard InChI is InChI=1S/C22H19F6N3OS/c23-21(24,25)15-6-4-14(5-7-15)18-13-20(32-30-18)8-10-31(11-9-20)19(33)29-17-3-1-2-16(12-17)22(26,27)28/h1-7,12-13,30H,8-11H2,(H,29,33). The van der Waals surface area contributed by atoms with Crippen molar-refractivity contribution in [2.45, 2.75) is 30.8 Å². The Morgan fingerprint density at radius 3 is 2.18 bits per heavy atom. The molecule has 0 aliphatic carbocycles. The predicted molar refractivity (Wildman–Crippen MR) is 115 cm³/mol. The van der Waals surface area contributed by atoms with Gasteiger partial charge in [-0.3, -0.25) is 10.3 Å². The summed E-state index contributed by atoms with van der Waals surface area (Å²) < 4.78 is 77.0. The molecule has 176 valence electrons. The van der Waals surface area contributed by atoms with E-state index in [-0.39, 0.29) is 5.69 Å². The molecule has 0 amide bonds. The minimum Gasteiger partial charge on any atom is -0.349 e. The Balaban J connectivity index is 1.37. The molecule has 1 spiro atoms. The molecular formula is C22H19F6N3OS. The molecule has 2 aromatic rings. The lowest BCUT2D eigenvalue weighted by Gasteiger charge is -2.38. The molecule has 2 N–H and O–H groups in total. The number of hydroxylamine groups is 1. The van der Waals surface area contributed by atoms with Crippen molar-refractivity contribution in [3.63, 3.8) is 0 Å². The summed E-state index contributed by atoms with van der Waals surface area (Å²) in [5, 5.41) is 3.16. The van der Waals surface area contributed by atoms with Gasteiger partial charge in [0.2, 0.25) is 0 Å². The van der Waals surface area contributed by atoms with Gasteiger partial charge in [-0.05, 0) is 54.2 Å². The first-order valence-corrected chi connectivity index (χ1v) is 10.4. The largest absolute Gasteiger partial charge is 0.416 e. The summed E-state index contributed by atoms with van der Waals surface area (Å²) in [4.78, 5) is 7.61. The fraction of sp³-hybridized carbons (Fsp3) is 0.318. The fourth-order valence-corrected chi connectivity index (χ4v) is 4.07. The quantitative estimate of drug-likeness (QED) is 0.412. The molecule has 1 fully saturated rings. The van der Waals surface area contributed by atoms with Gasteiger partial charge in [0.1, 0.15) is 5.60 Å². The van der Waals surface area contributed by atoms with Gasteiger partial charge in [-0.1, -0.05) is 18.2 Å². The topological polar surface area (TPSA) is 36.5 Å². The third kappa shape index (κ3) is 5.25. The molecule has 4 rings (SSSR count). The molecule has 0 unspecified atom stereocenters. The first-order valence-electron chi connectivity index (χ1n) is 10.0. The summed E-state index contributed by atoms with van der Waals surface area (Å²) in [7, 11) is 0. The van der Waals surface area contributed by atoms with E-state index in [1.807, 2.05) is 11.0 Å². The number of nitrogens with one attached hydrogen (secondary N) is 2. The number of rotatable bonds is 2. The van der Waals surface area contributed by atoms with E-state index in [9.17, 15) is 26.3 Å². The number of anilines is 1. The van der Waals surface area contributed by atoms with Crippen LogP contribution in [0.4, 0.5) is 32.0 Å². The molecule has 2 aliphatic rings. The van der Waals surface area contributed by atoms with E-state index in [1.54, 1.807) is 0 Å². The van der Waals surface area contributed by atoms with Gasteiger partial charge in [0.05, 0.1) is 16.8 Å². The van der Waals surface area contributed by atoms with Gasteiger partial charge in [0.25, 0.3) is 0 Å². The Labute approximate surface area is 191 Å². The Morgan fingerprint density at radius 2 is 1.58 bits per heavy atom. The van der Waals surface area contributed by atoms with E-state index in [0.717, 1.165) is 24.3 Å². The maximum Gasteiger partial charge on any atom is 0.416 e. The van der Waals surface area contributed by atoms with Crippen LogP contribution in [0.15, 0.2) is 54.6 Å². The molecular weight excluding hydrogens is 468 g/mol. The normalized spacial score (nSPS) is 18.1. The summed E-state index contributed by atoms with van der Waals surface area (Å²) in [6, 6.07) is 9.61. The van der Waals surface area contributed by atoms with Gasteiger partial charge in [-0.2, -0.15) is 26.3 Å². The van der Waals surface area contributed by atoms with Gasteiger partial charge in [-0.15, -0.1) is 0 Å². The molecule has 0 saturated carbocycles. The monoisotopic (exact) mass is 487 g/mol. The van der Waals surface area contributed by atoms with Crippen molar-refractivity contribution in [2.24, 2.45) is 0 Å². The van der Waals surface area contributed by atoms with Crippen LogP contribution in [0.2, 0.25) is 0 Å². The second-order valence-corrected chi connectivity index (χ2v) is 8.28. The SMILES string of the molecule is FC(F)(F)c1ccc(C2=CC3(CCN(C(=S)Nc4cccc(C(F)(F)F)c4)CC3)ON2)cc1. The zero-order valence-corrected chi connectivity index (χ0v) is 17.9. The number of nitrogens with zero attached hydrogens (tertiary/aromatic N) is 1. The number of thiocarbonyl (C=S) groups is 1. The molecule has 0 aromatic heterocycles. The lowest BCUT2D eigenvalue weighted by molar-refractivity contribution is -0.138. The molecule has 2 aromatic carbocycles. The zero-order valence-electron chi connectivity index (χ0n) is 17.1. The van der Waals surface area contributed by atoms with E-state index in [0.29, 0.717) is 42.3 Å². The number of alkyl halides is 6. The average molecular weight is 487 g/mol. The highest BCUT2D eigenvalue weighted by Gasteiger charge is 2.39. The van der Waals surface area contributed by atoms with Crippen LogP contribution in [0.25, 0.3) is 5.70 Å². The molecule has 33 heavy (non-hydrogen) atoms. The lowest BCUT2D eigenvalue weighted by Crippen LogP contribution is -2.48. The predicted octanol–water partition coefficient (Wildman–Crippen LogP) is 5.83. The summed E-state index contributed by atoms with van der Waals surface area (Å²) in [5.74, 6) is 0. The van der Waals surface area contributed by atoms with Crippen LogP contribution in [0.3, 0.4) is 0 Å². The summed E-state index contributed by atoms with van der Waals surface area (Å²) in [6.45, 7) is 0.979. The van der Waals surface area contributed by atoms with E-state index in [4.69, 9.17) is 17.1 Å². The Bertz CT molecular complexity index is 1060. The van der Waals surface area contributed by atoms with Crippen molar-refractivity contribution in [2.75, 3.05) is 18.4 Å². The highest BCUT2D eigenvalue weighted by Crippen LogP contribution is 2.36. The van der Waals surface area contributed by atoms with Crippen molar-refractivity contribution in [3.8, 4) is 0 Å². The molecule has 0 atom stereocenters. The van der Waals surface area contributed by atoms with Crippen LogP contribution >= 0.6 is 12.2 Å². The van der Waals surface area contributed by atoms with Gasteiger partial charge in [-0.25, -0.2) is 0 Å². The number of benzene rings is 2. The highest BCUT2D eigenvalue weighted by molar-refractivity contribution is 7.80. The number of halogens is 6. The Hall–Kier alpha value is -2.79. The highest BCUT2D eigenvalue weighted by atomic mass is 32.1. The minimum absolute atomic E-state index is 0.249. The minimum atomic E-state index is -4.44. The Morgan fingerprint density at radius 1 is 0.939 bits per heavy atom. The van der Waals surface area contributed by atoms with Gasteiger partial charge >= 0.3 is 12.4 Å². The summed E-state index contributed by atoms with van der Waals surface area (Å²) in [5.41, 5.74) is 2.08. The maximum absolute atomic E-state index is 12.9. The van der Waals surface area contributed by atoms with Crippen LogP contribution < -0.4 is 10.8 Å². The van der Waals surface area contributed by atoms with E-state index in [2.05, 4.69) is 10.8 Å². The van der Waals surface area contributed by atoms with Crippen molar-refractivity contribution < 1.29 is 31.2 Å². The van der Waals surface area contributed by atoms with E-state index in [1.165, 1.54) is 24.3 Å². The van der Waals surface area contributed by atoms with E-state index >= 15 is 0 Å². The van der Waals surface area contributed by atoms with Crippen molar-refractivity contribution in [1.82, 2.24) is 10.4 Å². The molecule has 11 heteroatoms. The average Bonchev–Trinajstić information content (AvgIpc) is 3.17. The van der Waals surface area contributed by atoms with Gasteiger partial charge in [0, 0.05) is 31.6 Å². The van der Waals surface area contributed by atoms with Crippen molar-refractivity contribution in [3.05, 3.63) is 71.3 Å². The number of likely N-dealkylation sites (tertiary alicyclic amines) is 1. The summed E-state index contributed by atoms with van der Waals surface area (Å²) in [6.07, 6.45) is -5.92. The van der Waals surface area contributed by atoms with Crippen LogP contribution in [-0.2, 0) is 17.2 Å². The zero-order chi connectivity index (χ0) is 23.9. The second-order valence-electron chi connectivity index (χ2n) is 7.90. The van der Waals surface area contributed by atoms with Gasteiger partial charge < -0.3 is 10.2 Å². The first-order chi connectivity index (χ1) is 15.5. The molecule has 0 bridgehead atoms.